The third-order valence-corrected chi connectivity index (χ3v) is 7.40. The molecule has 0 heterocycles. The van der Waals surface area contributed by atoms with E-state index in [1.807, 2.05) is 20.0 Å². The first-order valence-electron chi connectivity index (χ1n) is 11.1. The molecule has 0 radical (unpaired) electrons. The van der Waals surface area contributed by atoms with Gasteiger partial charge in [-0.2, -0.15) is 10.3 Å². The van der Waals surface area contributed by atoms with Crippen molar-refractivity contribution in [1.29, 1.82) is 5.26 Å². The summed E-state index contributed by atoms with van der Waals surface area (Å²) in [6.45, 7) is 3.69. The van der Waals surface area contributed by atoms with Gasteiger partial charge in [0.2, 0.25) is 12.1 Å². The van der Waals surface area contributed by atoms with Crippen LogP contribution in [0.4, 0.5) is 18.9 Å². The van der Waals surface area contributed by atoms with Gasteiger partial charge >= 0.3 is 6.36 Å². The van der Waals surface area contributed by atoms with Crippen LogP contribution in [0.1, 0.15) is 46.0 Å². The van der Waals surface area contributed by atoms with Crippen LogP contribution in [0.2, 0.25) is 0 Å². The first-order chi connectivity index (χ1) is 15.4. The Balaban J connectivity index is 1.48. The van der Waals surface area contributed by atoms with Gasteiger partial charge in [0.15, 0.2) is 0 Å². The van der Waals surface area contributed by atoms with Gasteiger partial charge in [0.05, 0.1) is 5.54 Å². The fraction of sp³-hybridized carbons (Fsp3) is 0.609. The zero-order valence-corrected chi connectivity index (χ0v) is 18.6. The number of alkyl halides is 3. The van der Waals surface area contributed by atoms with Crippen molar-refractivity contribution in [3.63, 3.8) is 0 Å². The molecule has 4 N–H and O–H groups in total. The van der Waals surface area contributed by atoms with Crippen molar-refractivity contribution < 1.29 is 22.7 Å². The number of aliphatic imine (C=N–C) groups is 1. The summed E-state index contributed by atoms with van der Waals surface area (Å²) in [5, 5.41) is 16.1. The molecule has 33 heavy (non-hydrogen) atoms. The minimum Gasteiger partial charge on any atom is -0.406 e. The number of benzene rings is 1. The van der Waals surface area contributed by atoms with Crippen LogP contribution in [0.25, 0.3) is 0 Å². The van der Waals surface area contributed by atoms with Crippen molar-refractivity contribution in [2.45, 2.75) is 63.9 Å². The van der Waals surface area contributed by atoms with E-state index in [1.54, 1.807) is 0 Å². The molecule has 2 unspecified atom stereocenters. The lowest BCUT2D eigenvalue weighted by Gasteiger charge is -2.59. The van der Waals surface area contributed by atoms with E-state index in [0.717, 1.165) is 32.1 Å². The second kappa shape index (κ2) is 8.12. The van der Waals surface area contributed by atoms with Crippen molar-refractivity contribution in [2.24, 2.45) is 33.9 Å². The highest BCUT2D eigenvalue weighted by Gasteiger charge is 2.58. The third-order valence-electron chi connectivity index (χ3n) is 7.40. The Kier molecular flexibility index (Phi) is 5.71. The maximum absolute atomic E-state index is 12.4. The van der Waals surface area contributed by atoms with Gasteiger partial charge in [0, 0.05) is 17.1 Å². The first kappa shape index (κ1) is 23.2. The molecule has 1 amide bonds. The number of nitrogens with one attached hydrogen (secondary N) is 2. The van der Waals surface area contributed by atoms with Gasteiger partial charge in [0.1, 0.15) is 11.6 Å². The molecule has 2 atom stereocenters. The molecular formula is C23H28F3N5O2. The van der Waals surface area contributed by atoms with Gasteiger partial charge in [0.25, 0.3) is 0 Å². The number of anilines is 1. The SMILES string of the molecule is CC(C)(Nc1ccc(OC(F)(F)F)cc1)/C(=N\C#N)NC1C2CC3CC1CC(C(N)=O)(C3)C2. The number of amides is 1. The zero-order chi connectivity index (χ0) is 24.0. The van der Waals surface area contributed by atoms with E-state index in [2.05, 4.69) is 20.4 Å². The quantitative estimate of drug-likeness (QED) is 0.336. The largest absolute Gasteiger partial charge is 0.573 e. The minimum atomic E-state index is -4.75. The van der Waals surface area contributed by atoms with Crippen LogP contribution in [-0.4, -0.2) is 29.7 Å². The van der Waals surface area contributed by atoms with Crippen molar-refractivity contribution in [1.82, 2.24) is 5.32 Å². The Morgan fingerprint density at radius 3 is 2.30 bits per heavy atom. The highest BCUT2D eigenvalue weighted by atomic mass is 19.4. The van der Waals surface area contributed by atoms with Crippen molar-refractivity contribution in [3.8, 4) is 11.9 Å². The van der Waals surface area contributed by atoms with Gasteiger partial charge in [-0.25, -0.2) is 0 Å². The summed E-state index contributed by atoms with van der Waals surface area (Å²) in [6.07, 6.45) is 1.54. The molecule has 0 aromatic heterocycles. The number of hydrogen-bond donors (Lipinski definition) is 3. The van der Waals surface area contributed by atoms with Crippen LogP contribution in [0.3, 0.4) is 0 Å². The Morgan fingerprint density at radius 1 is 1.18 bits per heavy atom. The zero-order valence-electron chi connectivity index (χ0n) is 18.6. The Bertz CT molecular complexity index is 967. The number of primary amides is 1. The molecule has 4 saturated carbocycles. The van der Waals surface area contributed by atoms with Crippen LogP contribution in [-0.2, 0) is 4.79 Å². The second-order valence-corrected chi connectivity index (χ2v) is 10.2. The summed E-state index contributed by atoms with van der Waals surface area (Å²) in [5.74, 6) is 1.00. The monoisotopic (exact) mass is 463 g/mol. The predicted octanol–water partition coefficient (Wildman–Crippen LogP) is 3.93. The Labute approximate surface area is 190 Å². The number of carbonyl (C=O) groups is 1. The fourth-order valence-electron chi connectivity index (χ4n) is 6.28. The molecular weight excluding hydrogens is 435 g/mol. The molecule has 0 spiro atoms. The summed E-state index contributed by atoms with van der Waals surface area (Å²) in [7, 11) is 0. The number of rotatable bonds is 6. The van der Waals surface area contributed by atoms with E-state index in [9.17, 15) is 23.2 Å². The van der Waals surface area contributed by atoms with Crippen LogP contribution < -0.4 is 21.1 Å². The van der Waals surface area contributed by atoms with E-state index in [4.69, 9.17) is 5.73 Å². The highest BCUT2D eigenvalue weighted by molar-refractivity contribution is 5.94. The summed E-state index contributed by atoms with van der Waals surface area (Å²) >= 11 is 0. The molecule has 0 saturated heterocycles. The average Bonchev–Trinajstić information content (AvgIpc) is 2.69. The van der Waals surface area contributed by atoms with Crippen molar-refractivity contribution >= 4 is 17.4 Å². The van der Waals surface area contributed by atoms with E-state index >= 15 is 0 Å². The molecule has 10 heteroatoms. The predicted molar refractivity (Wildman–Crippen MR) is 116 cm³/mol. The van der Waals surface area contributed by atoms with E-state index in [0.29, 0.717) is 17.4 Å². The highest BCUT2D eigenvalue weighted by Crippen LogP contribution is 2.60. The van der Waals surface area contributed by atoms with Gasteiger partial charge in [-0.15, -0.1) is 13.2 Å². The molecule has 4 aliphatic rings. The number of nitriles is 1. The number of carbonyl (C=O) groups excluding carboxylic acids is 1. The van der Waals surface area contributed by atoms with Gasteiger partial charge in [-0.3, -0.25) is 4.79 Å². The molecule has 4 bridgehead atoms. The molecule has 5 rings (SSSR count). The molecule has 4 fully saturated rings. The van der Waals surface area contributed by atoms with E-state index in [1.165, 1.54) is 24.3 Å². The minimum absolute atomic E-state index is 0.0877. The molecule has 178 valence electrons. The summed E-state index contributed by atoms with van der Waals surface area (Å²) in [6, 6.07) is 5.49. The van der Waals surface area contributed by atoms with Crippen molar-refractivity contribution in [2.75, 3.05) is 5.32 Å². The molecule has 1 aromatic carbocycles. The smallest absolute Gasteiger partial charge is 0.406 e. The van der Waals surface area contributed by atoms with Crippen molar-refractivity contribution in [3.05, 3.63) is 24.3 Å². The molecule has 1 aromatic rings. The number of ether oxygens (including phenoxy) is 1. The third kappa shape index (κ3) is 4.72. The molecule has 0 aliphatic heterocycles. The van der Waals surface area contributed by atoms with E-state index in [-0.39, 0.29) is 29.5 Å². The van der Waals surface area contributed by atoms with Crippen LogP contribution in [0, 0.1) is 34.6 Å². The second-order valence-electron chi connectivity index (χ2n) is 10.2. The standard InChI is InChI=1S/C23H28F3N5O2/c1-21(2,31-16-3-5-17(6-4-16)33-23(24,25)26)20(29-12-27)30-18-14-7-13-8-15(18)11-22(9-13,10-14)19(28)32/h3-6,13-15,18,31H,7-11H2,1-2H3,(H2,28,32)(H,29,30). The summed E-state index contributed by atoms with van der Waals surface area (Å²) in [5.41, 5.74) is 5.12. The van der Waals surface area contributed by atoms with E-state index < -0.39 is 17.3 Å². The van der Waals surface area contributed by atoms with Gasteiger partial charge in [-0.1, -0.05) is 0 Å². The normalized spacial score (nSPS) is 31.1. The topological polar surface area (TPSA) is 113 Å². The number of nitrogens with two attached hydrogens (primary N) is 1. The number of nitrogens with zero attached hydrogens (tertiary/aromatic N) is 2. The number of hydrogen-bond acceptors (Lipinski definition) is 5. The lowest BCUT2D eigenvalue weighted by atomic mass is 9.47. The van der Waals surface area contributed by atoms with Gasteiger partial charge < -0.3 is 21.1 Å². The number of halogens is 3. The maximum atomic E-state index is 12.4. The Morgan fingerprint density at radius 2 is 1.79 bits per heavy atom. The summed E-state index contributed by atoms with van der Waals surface area (Å²) < 4.78 is 41.1. The van der Waals surface area contributed by atoms with Gasteiger partial charge in [-0.05, 0) is 88.0 Å². The summed E-state index contributed by atoms with van der Waals surface area (Å²) in [4.78, 5) is 16.2. The Hall–Kier alpha value is -2.96. The lowest BCUT2D eigenvalue weighted by Crippen LogP contribution is -2.64. The maximum Gasteiger partial charge on any atom is 0.573 e. The fourth-order valence-corrected chi connectivity index (χ4v) is 6.28. The van der Waals surface area contributed by atoms with Crippen LogP contribution in [0.5, 0.6) is 5.75 Å². The lowest BCUT2D eigenvalue weighted by molar-refractivity contribution is -0.274. The average molecular weight is 464 g/mol. The first-order valence-corrected chi connectivity index (χ1v) is 11.1. The number of amidine groups is 1. The molecule has 7 nitrogen and oxygen atoms in total. The van der Waals surface area contributed by atoms with Crippen LogP contribution in [0.15, 0.2) is 29.3 Å². The van der Waals surface area contributed by atoms with Crippen LogP contribution >= 0.6 is 0 Å². The molecule has 4 aliphatic carbocycles.